The Hall–Kier alpha value is 0.320. The molecular weight excluding hydrogens is 360 g/mol. The van der Waals surface area contributed by atoms with Crippen LogP contribution in [0.1, 0.15) is 26.2 Å². The first-order valence-electron chi connectivity index (χ1n) is 9.45. The molecule has 0 aromatic rings. The molecule has 0 amide bonds. The van der Waals surface area contributed by atoms with Gasteiger partial charge >= 0.3 is 0 Å². The summed E-state index contributed by atoms with van der Waals surface area (Å²) in [6, 6.07) is 0. The molecule has 6 aliphatic carbocycles. The largest absolute Gasteiger partial charge is 0.347 e. The van der Waals surface area contributed by atoms with Gasteiger partial charge in [0.1, 0.15) is 0 Å². The zero-order chi connectivity index (χ0) is 15.2. The van der Waals surface area contributed by atoms with E-state index in [0.29, 0.717) is 23.7 Å². The normalized spacial score (nSPS) is 63.4. The van der Waals surface area contributed by atoms with Crippen molar-refractivity contribution in [2.45, 2.75) is 42.1 Å². The lowest BCUT2D eigenvalue weighted by molar-refractivity contribution is -0.300. The average molecular weight is 383 g/mol. The Balaban J connectivity index is 1.44. The number of hydrogen-bond donors (Lipinski definition) is 0. The van der Waals surface area contributed by atoms with E-state index in [-0.39, 0.29) is 21.3 Å². The Morgan fingerprint density at radius 3 is 1.96 bits per heavy atom. The van der Waals surface area contributed by atoms with Gasteiger partial charge in [-0.1, -0.05) is 35.7 Å². The fourth-order valence-electron chi connectivity index (χ4n) is 9.02. The highest BCUT2D eigenvalue weighted by atomic mass is 79.9. The summed E-state index contributed by atoms with van der Waals surface area (Å²) >= 11 is 4.19. The van der Waals surface area contributed by atoms with Gasteiger partial charge in [-0.05, 0) is 30.1 Å². The molecule has 23 heavy (non-hydrogen) atoms. The van der Waals surface area contributed by atoms with Gasteiger partial charge in [-0.25, -0.2) is 0 Å². The Morgan fingerprint density at radius 1 is 0.783 bits per heavy atom. The summed E-state index contributed by atoms with van der Waals surface area (Å²) in [4.78, 5) is 0. The topological polar surface area (TPSA) is 36.9 Å². The van der Waals surface area contributed by atoms with Gasteiger partial charge in [-0.15, -0.1) is 0 Å². The molecule has 0 aromatic heterocycles. The predicted molar refractivity (Wildman–Crippen MR) is 83.8 cm³/mol. The second kappa shape index (κ2) is 3.57. The molecule has 6 saturated carbocycles. The molecule has 2 heterocycles. The maximum absolute atomic E-state index is 6.48. The minimum absolute atomic E-state index is 0.0374. The van der Waals surface area contributed by atoms with Crippen molar-refractivity contribution in [2.75, 3.05) is 26.4 Å². The zero-order valence-corrected chi connectivity index (χ0v) is 15.0. The lowest BCUT2D eigenvalue weighted by Crippen LogP contribution is -2.75. The first-order valence-corrected chi connectivity index (χ1v) is 10.2. The summed E-state index contributed by atoms with van der Waals surface area (Å²) in [7, 11) is 0. The van der Waals surface area contributed by atoms with Gasteiger partial charge in [-0.3, -0.25) is 0 Å². The van der Waals surface area contributed by atoms with Crippen LogP contribution in [0, 0.1) is 40.9 Å². The average Bonchev–Trinajstić information content (AvgIpc) is 3.31. The van der Waals surface area contributed by atoms with E-state index in [1.165, 1.54) is 19.3 Å². The van der Waals surface area contributed by atoms with Crippen LogP contribution in [0.2, 0.25) is 0 Å². The predicted octanol–water partition coefficient (Wildman–Crippen LogP) is 2.55. The first kappa shape index (κ1) is 13.5. The van der Waals surface area contributed by atoms with Crippen LogP contribution in [0.3, 0.4) is 0 Å². The van der Waals surface area contributed by atoms with Gasteiger partial charge in [0.25, 0.3) is 0 Å². The molecule has 2 aliphatic heterocycles. The van der Waals surface area contributed by atoms with E-state index < -0.39 is 0 Å². The molecule has 126 valence electrons. The Labute approximate surface area is 144 Å². The SMILES string of the molecule is CCCC[C@@]12[C@@H]3[C@@H]4[C@@H]1[C@@H]1[C@@H]([C@@H]3[C@]4(Br)C13OCCO3)C21OCCO1. The molecule has 4 nitrogen and oxygen atoms in total. The highest BCUT2D eigenvalue weighted by Gasteiger charge is 3.07. The zero-order valence-electron chi connectivity index (χ0n) is 13.4. The summed E-state index contributed by atoms with van der Waals surface area (Å²) in [5.74, 6) is 3.01. The smallest absolute Gasteiger partial charge is 0.187 e. The molecule has 8 atom stereocenters. The van der Waals surface area contributed by atoms with Crippen molar-refractivity contribution in [2.24, 2.45) is 40.9 Å². The van der Waals surface area contributed by atoms with E-state index in [2.05, 4.69) is 22.9 Å². The van der Waals surface area contributed by atoms with Gasteiger partial charge in [0.15, 0.2) is 11.6 Å². The number of unbranched alkanes of at least 4 members (excludes halogenated alkanes) is 1. The number of rotatable bonds is 3. The van der Waals surface area contributed by atoms with Crippen molar-refractivity contribution < 1.29 is 18.9 Å². The summed E-state index contributed by atoms with van der Waals surface area (Å²) in [5, 5.41) is 0. The number of alkyl halides is 1. The van der Waals surface area contributed by atoms with Gasteiger partial charge in [0, 0.05) is 17.3 Å². The molecule has 0 unspecified atom stereocenters. The van der Waals surface area contributed by atoms with Crippen molar-refractivity contribution in [3.63, 3.8) is 0 Å². The van der Waals surface area contributed by atoms with E-state index >= 15 is 0 Å². The molecular formula is C18H23BrO4. The number of halogens is 1. The minimum atomic E-state index is -0.388. The Morgan fingerprint density at radius 2 is 1.30 bits per heavy atom. The fraction of sp³-hybridized carbons (Fsp3) is 1.00. The molecule has 0 radical (unpaired) electrons. The fourth-order valence-corrected chi connectivity index (χ4v) is 10.7. The number of ether oxygens (including phenoxy) is 4. The molecule has 2 spiro atoms. The van der Waals surface area contributed by atoms with Crippen LogP contribution in [0.15, 0.2) is 0 Å². The molecule has 0 aromatic carbocycles. The summed E-state index contributed by atoms with van der Waals surface area (Å²) in [6.07, 6.45) is 3.79. The van der Waals surface area contributed by atoms with Crippen molar-refractivity contribution in [3.8, 4) is 0 Å². The Bertz CT molecular complexity index is 612. The van der Waals surface area contributed by atoms with Crippen molar-refractivity contribution in [3.05, 3.63) is 0 Å². The molecule has 8 aliphatic rings. The van der Waals surface area contributed by atoms with Crippen LogP contribution in [0.4, 0.5) is 0 Å². The van der Waals surface area contributed by atoms with Gasteiger partial charge in [0.05, 0.1) is 30.8 Å². The van der Waals surface area contributed by atoms with E-state index in [1.807, 2.05) is 0 Å². The molecule has 4 bridgehead atoms. The van der Waals surface area contributed by atoms with E-state index in [1.54, 1.807) is 0 Å². The highest BCUT2D eigenvalue weighted by Crippen LogP contribution is 3.01. The summed E-state index contributed by atoms with van der Waals surface area (Å²) < 4.78 is 25.7. The minimum Gasteiger partial charge on any atom is -0.347 e. The third-order valence-electron chi connectivity index (χ3n) is 8.92. The lowest BCUT2D eigenvalue weighted by Gasteiger charge is -2.72. The van der Waals surface area contributed by atoms with Crippen molar-refractivity contribution in [1.29, 1.82) is 0 Å². The Kier molecular flexibility index (Phi) is 2.10. The van der Waals surface area contributed by atoms with Crippen LogP contribution in [-0.4, -0.2) is 42.3 Å². The second-order valence-electron chi connectivity index (χ2n) is 8.80. The van der Waals surface area contributed by atoms with Crippen LogP contribution in [0.25, 0.3) is 0 Å². The van der Waals surface area contributed by atoms with E-state index in [4.69, 9.17) is 18.9 Å². The van der Waals surface area contributed by atoms with E-state index in [0.717, 1.165) is 38.3 Å². The standard InChI is InChI=1S/C18H23BrO4/c1-2-3-4-15-9-11-10(15)13-14(17(15)20-5-6-21-17)12(9)16(11,19)18(13)22-7-8-23-18/h9-14H,2-8H2,1H3/t9-,10-,11-,12-,13-,14-,15-,16+/m1/s1. The highest BCUT2D eigenvalue weighted by molar-refractivity contribution is 9.10. The van der Waals surface area contributed by atoms with Crippen LogP contribution in [0.5, 0.6) is 0 Å². The van der Waals surface area contributed by atoms with Gasteiger partial charge < -0.3 is 18.9 Å². The maximum Gasteiger partial charge on any atom is 0.187 e. The third kappa shape index (κ3) is 0.898. The molecule has 5 heteroatoms. The van der Waals surface area contributed by atoms with Crippen LogP contribution in [-0.2, 0) is 18.9 Å². The molecule has 0 N–H and O–H groups in total. The third-order valence-corrected chi connectivity index (χ3v) is 10.5. The van der Waals surface area contributed by atoms with Gasteiger partial charge in [-0.2, -0.15) is 0 Å². The molecule has 8 rings (SSSR count). The molecule has 8 fully saturated rings. The lowest BCUT2D eigenvalue weighted by atomic mass is 9.34. The quantitative estimate of drug-likeness (QED) is 0.702. The maximum atomic E-state index is 6.48. The summed E-state index contributed by atoms with van der Waals surface area (Å²) in [6.45, 7) is 5.30. The molecule has 2 saturated heterocycles. The summed E-state index contributed by atoms with van der Waals surface area (Å²) in [5.41, 5.74) is 0.250. The monoisotopic (exact) mass is 382 g/mol. The number of hydrogen-bond acceptors (Lipinski definition) is 4. The second-order valence-corrected chi connectivity index (χ2v) is 10.1. The van der Waals surface area contributed by atoms with Crippen molar-refractivity contribution >= 4 is 15.9 Å². The first-order chi connectivity index (χ1) is 11.2. The van der Waals surface area contributed by atoms with E-state index in [9.17, 15) is 0 Å². The van der Waals surface area contributed by atoms with Crippen LogP contribution < -0.4 is 0 Å². The van der Waals surface area contributed by atoms with Crippen molar-refractivity contribution in [1.82, 2.24) is 0 Å². The van der Waals surface area contributed by atoms with Crippen LogP contribution >= 0.6 is 15.9 Å². The van der Waals surface area contributed by atoms with Gasteiger partial charge in [0.2, 0.25) is 0 Å².